The maximum Gasteiger partial charge on any atom is 0.104 e. The summed E-state index contributed by atoms with van der Waals surface area (Å²) in [5, 5.41) is 3.52. The standard InChI is InChI=1S/C18H21N3/c1-11-7-12(2)16(13(3)8-11)10-19-15-5-6-17-18(9-15)21-14(4)20-17/h5-9,19H,10H2,1-4H3,(H,20,21). The van der Waals surface area contributed by atoms with Crippen molar-refractivity contribution < 1.29 is 0 Å². The Balaban J connectivity index is 1.83. The number of fused-ring (bicyclic) bond motifs is 1. The van der Waals surface area contributed by atoms with Crippen LogP contribution in [-0.2, 0) is 6.54 Å². The summed E-state index contributed by atoms with van der Waals surface area (Å²) < 4.78 is 0. The lowest BCUT2D eigenvalue weighted by molar-refractivity contribution is 1.08. The van der Waals surface area contributed by atoms with Gasteiger partial charge < -0.3 is 10.3 Å². The first-order valence-electron chi connectivity index (χ1n) is 7.30. The fourth-order valence-electron chi connectivity index (χ4n) is 2.93. The van der Waals surface area contributed by atoms with Crippen LogP contribution in [0.4, 0.5) is 5.69 Å². The van der Waals surface area contributed by atoms with E-state index in [0.717, 1.165) is 29.1 Å². The topological polar surface area (TPSA) is 40.7 Å². The maximum absolute atomic E-state index is 4.43. The minimum absolute atomic E-state index is 0.844. The van der Waals surface area contributed by atoms with E-state index in [-0.39, 0.29) is 0 Å². The first-order valence-corrected chi connectivity index (χ1v) is 7.30. The Bertz CT molecular complexity index is 776. The van der Waals surface area contributed by atoms with Crippen LogP contribution < -0.4 is 5.32 Å². The van der Waals surface area contributed by atoms with E-state index >= 15 is 0 Å². The number of rotatable bonds is 3. The summed E-state index contributed by atoms with van der Waals surface area (Å²) in [4.78, 5) is 7.70. The minimum Gasteiger partial charge on any atom is -0.381 e. The second-order valence-corrected chi connectivity index (χ2v) is 5.78. The molecule has 3 nitrogen and oxygen atoms in total. The van der Waals surface area contributed by atoms with Gasteiger partial charge in [0.15, 0.2) is 0 Å². The number of H-pyrrole nitrogens is 1. The average Bonchev–Trinajstić information content (AvgIpc) is 2.76. The molecule has 0 aliphatic rings. The van der Waals surface area contributed by atoms with Crippen molar-refractivity contribution in [2.75, 3.05) is 5.32 Å². The van der Waals surface area contributed by atoms with Crippen LogP contribution in [0.15, 0.2) is 30.3 Å². The van der Waals surface area contributed by atoms with E-state index in [2.05, 4.69) is 66.4 Å². The molecule has 108 valence electrons. The van der Waals surface area contributed by atoms with Crippen LogP contribution in [0.3, 0.4) is 0 Å². The lowest BCUT2D eigenvalue weighted by Crippen LogP contribution is -2.04. The predicted molar refractivity (Wildman–Crippen MR) is 88.8 cm³/mol. The molecule has 0 saturated carbocycles. The van der Waals surface area contributed by atoms with Gasteiger partial charge in [-0.1, -0.05) is 17.7 Å². The third kappa shape index (κ3) is 2.77. The van der Waals surface area contributed by atoms with Crippen LogP contribution in [0.5, 0.6) is 0 Å². The Morgan fingerprint density at radius 1 is 1.00 bits per heavy atom. The largest absolute Gasteiger partial charge is 0.381 e. The summed E-state index contributed by atoms with van der Waals surface area (Å²) in [6.45, 7) is 9.32. The van der Waals surface area contributed by atoms with Crippen LogP contribution in [0, 0.1) is 27.7 Å². The molecule has 0 spiro atoms. The zero-order valence-electron chi connectivity index (χ0n) is 13.0. The monoisotopic (exact) mass is 279 g/mol. The normalized spacial score (nSPS) is 11.0. The Morgan fingerprint density at radius 3 is 2.43 bits per heavy atom. The van der Waals surface area contributed by atoms with Crippen LogP contribution in [0.25, 0.3) is 11.0 Å². The molecule has 0 radical (unpaired) electrons. The first-order chi connectivity index (χ1) is 10.0. The lowest BCUT2D eigenvalue weighted by atomic mass is 10.00. The van der Waals surface area contributed by atoms with Gasteiger partial charge in [-0.15, -0.1) is 0 Å². The van der Waals surface area contributed by atoms with Crippen molar-refractivity contribution in [2.45, 2.75) is 34.2 Å². The smallest absolute Gasteiger partial charge is 0.104 e. The van der Waals surface area contributed by atoms with Gasteiger partial charge in [-0.05, 0) is 62.6 Å². The molecule has 1 heterocycles. The summed E-state index contributed by atoms with van der Waals surface area (Å²) in [5.74, 6) is 0.951. The highest BCUT2D eigenvalue weighted by Gasteiger charge is 2.05. The summed E-state index contributed by atoms with van der Waals surface area (Å²) in [7, 11) is 0. The van der Waals surface area contributed by atoms with Gasteiger partial charge >= 0.3 is 0 Å². The van der Waals surface area contributed by atoms with Crippen molar-refractivity contribution >= 4 is 16.7 Å². The number of benzene rings is 2. The Labute approximate surface area is 125 Å². The van der Waals surface area contributed by atoms with Gasteiger partial charge in [0.2, 0.25) is 0 Å². The minimum atomic E-state index is 0.844. The number of imidazole rings is 1. The molecule has 3 heteroatoms. The SMILES string of the molecule is Cc1cc(C)c(CNc2ccc3nc(C)[nH]c3c2)c(C)c1. The van der Waals surface area contributed by atoms with E-state index in [9.17, 15) is 0 Å². The van der Waals surface area contributed by atoms with Crippen molar-refractivity contribution in [2.24, 2.45) is 0 Å². The number of hydrogen-bond acceptors (Lipinski definition) is 2. The summed E-state index contributed by atoms with van der Waals surface area (Å²) >= 11 is 0. The van der Waals surface area contributed by atoms with Gasteiger partial charge in [0.05, 0.1) is 11.0 Å². The molecule has 1 aromatic heterocycles. The van der Waals surface area contributed by atoms with E-state index in [1.165, 1.54) is 22.3 Å². The van der Waals surface area contributed by atoms with Crippen LogP contribution >= 0.6 is 0 Å². The first kappa shape index (κ1) is 13.7. The molecule has 0 atom stereocenters. The fraction of sp³-hybridized carbons (Fsp3) is 0.278. The van der Waals surface area contributed by atoms with Crippen LogP contribution in [0.1, 0.15) is 28.1 Å². The summed E-state index contributed by atoms with van der Waals surface area (Å²) in [6, 6.07) is 10.7. The maximum atomic E-state index is 4.43. The van der Waals surface area contributed by atoms with E-state index in [4.69, 9.17) is 0 Å². The zero-order valence-corrected chi connectivity index (χ0v) is 13.0. The summed E-state index contributed by atoms with van der Waals surface area (Å²) in [5.41, 5.74) is 8.60. The highest BCUT2D eigenvalue weighted by molar-refractivity contribution is 5.79. The molecule has 21 heavy (non-hydrogen) atoms. The number of nitrogens with zero attached hydrogens (tertiary/aromatic N) is 1. The Kier molecular flexibility index (Phi) is 3.42. The van der Waals surface area contributed by atoms with Gasteiger partial charge in [0.25, 0.3) is 0 Å². The number of nitrogens with one attached hydrogen (secondary N) is 2. The van der Waals surface area contributed by atoms with E-state index < -0.39 is 0 Å². The van der Waals surface area contributed by atoms with Crippen molar-refractivity contribution in [3.05, 3.63) is 58.4 Å². The van der Waals surface area contributed by atoms with Gasteiger partial charge in [0, 0.05) is 12.2 Å². The number of anilines is 1. The second kappa shape index (κ2) is 5.24. The van der Waals surface area contributed by atoms with E-state index in [0.29, 0.717) is 0 Å². The Morgan fingerprint density at radius 2 is 1.71 bits per heavy atom. The molecule has 0 aliphatic heterocycles. The molecule has 0 saturated heterocycles. The number of aryl methyl sites for hydroxylation is 4. The predicted octanol–water partition coefficient (Wildman–Crippen LogP) is 4.41. The third-order valence-electron chi connectivity index (χ3n) is 3.91. The Hall–Kier alpha value is -2.29. The van der Waals surface area contributed by atoms with Gasteiger partial charge in [-0.3, -0.25) is 0 Å². The number of aromatic amines is 1. The van der Waals surface area contributed by atoms with Crippen molar-refractivity contribution in [3.63, 3.8) is 0 Å². The fourth-order valence-corrected chi connectivity index (χ4v) is 2.93. The third-order valence-corrected chi connectivity index (χ3v) is 3.91. The van der Waals surface area contributed by atoms with Crippen LogP contribution in [-0.4, -0.2) is 9.97 Å². The van der Waals surface area contributed by atoms with Crippen molar-refractivity contribution in [1.29, 1.82) is 0 Å². The van der Waals surface area contributed by atoms with Crippen molar-refractivity contribution in [1.82, 2.24) is 9.97 Å². The van der Waals surface area contributed by atoms with Crippen molar-refractivity contribution in [3.8, 4) is 0 Å². The zero-order chi connectivity index (χ0) is 15.0. The van der Waals surface area contributed by atoms with Gasteiger partial charge in [-0.25, -0.2) is 4.98 Å². The highest BCUT2D eigenvalue weighted by atomic mass is 14.9. The molecule has 0 fully saturated rings. The quantitative estimate of drug-likeness (QED) is 0.745. The van der Waals surface area contributed by atoms with Crippen LogP contribution in [0.2, 0.25) is 0 Å². The van der Waals surface area contributed by atoms with Gasteiger partial charge in [0.1, 0.15) is 5.82 Å². The van der Waals surface area contributed by atoms with Gasteiger partial charge in [-0.2, -0.15) is 0 Å². The molecule has 0 amide bonds. The molecule has 2 N–H and O–H groups in total. The van der Waals surface area contributed by atoms with E-state index in [1.807, 2.05) is 6.92 Å². The summed E-state index contributed by atoms with van der Waals surface area (Å²) in [6.07, 6.45) is 0. The lowest BCUT2D eigenvalue weighted by Gasteiger charge is -2.13. The molecule has 0 bridgehead atoms. The molecular formula is C18H21N3. The second-order valence-electron chi connectivity index (χ2n) is 5.78. The highest BCUT2D eigenvalue weighted by Crippen LogP contribution is 2.20. The average molecular weight is 279 g/mol. The number of hydrogen-bond donors (Lipinski definition) is 2. The van der Waals surface area contributed by atoms with E-state index in [1.54, 1.807) is 0 Å². The number of aromatic nitrogens is 2. The molecular weight excluding hydrogens is 258 g/mol. The molecule has 3 aromatic rings. The molecule has 3 rings (SSSR count). The molecule has 2 aromatic carbocycles. The molecule has 0 unspecified atom stereocenters. The molecule has 0 aliphatic carbocycles.